The molecule has 0 saturated carbocycles. The number of ether oxygens (including phenoxy) is 1. The summed E-state index contributed by atoms with van der Waals surface area (Å²) in [4.78, 5) is 23.9. The number of furan rings is 1. The second kappa shape index (κ2) is 9.04. The molecule has 0 radical (unpaired) electrons. The number of rotatable bonds is 6. The molecule has 1 heterocycles. The van der Waals surface area contributed by atoms with E-state index in [4.69, 9.17) is 9.15 Å². The van der Waals surface area contributed by atoms with Crippen LogP contribution in [0.15, 0.2) is 83.3 Å². The van der Waals surface area contributed by atoms with Crippen molar-refractivity contribution in [1.29, 1.82) is 0 Å². The molecule has 0 fully saturated rings. The smallest absolute Gasteiger partial charge is 0.318 e. The van der Waals surface area contributed by atoms with Crippen LogP contribution in [0.3, 0.4) is 0 Å². The number of anilines is 2. The molecule has 7 heteroatoms. The van der Waals surface area contributed by atoms with Crippen LogP contribution < -0.4 is 20.7 Å². The number of fused-ring (bicyclic) bond motifs is 1. The van der Waals surface area contributed by atoms with Gasteiger partial charge in [-0.1, -0.05) is 36.4 Å². The topological polar surface area (TPSA) is 92.6 Å². The van der Waals surface area contributed by atoms with E-state index in [0.29, 0.717) is 17.1 Å². The Bertz CT molecular complexity index is 1230. The van der Waals surface area contributed by atoms with Crippen LogP contribution in [0.4, 0.5) is 16.2 Å². The number of urea groups is 1. The van der Waals surface area contributed by atoms with Crippen molar-refractivity contribution in [2.24, 2.45) is 0 Å². The minimum Gasteiger partial charge on any atom is -0.486 e. The van der Waals surface area contributed by atoms with Crippen LogP contribution in [0.2, 0.25) is 0 Å². The lowest BCUT2D eigenvalue weighted by Crippen LogP contribution is -2.24. The van der Waals surface area contributed by atoms with Gasteiger partial charge in [0.1, 0.15) is 18.1 Å². The van der Waals surface area contributed by atoms with Gasteiger partial charge in [-0.15, -0.1) is 0 Å². The zero-order valence-electron chi connectivity index (χ0n) is 16.8. The van der Waals surface area contributed by atoms with E-state index >= 15 is 0 Å². The van der Waals surface area contributed by atoms with Gasteiger partial charge < -0.3 is 25.1 Å². The lowest BCUT2D eigenvalue weighted by atomic mass is 10.1. The normalized spacial score (nSPS) is 10.5. The fraction of sp³-hybridized carbons (Fsp3) is 0.0833. The number of carbonyl (C=O) groups is 2. The minimum absolute atomic E-state index is 0.168. The highest BCUT2D eigenvalue weighted by Crippen LogP contribution is 2.22. The first-order valence-electron chi connectivity index (χ1n) is 9.71. The number of amides is 3. The monoisotopic (exact) mass is 415 g/mol. The fourth-order valence-corrected chi connectivity index (χ4v) is 3.05. The summed E-state index contributed by atoms with van der Waals surface area (Å²) in [5.74, 6) is 1.03. The Morgan fingerprint density at radius 3 is 2.42 bits per heavy atom. The van der Waals surface area contributed by atoms with Gasteiger partial charge in [0.05, 0.1) is 0 Å². The molecule has 156 valence electrons. The van der Waals surface area contributed by atoms with Crippen LogP contribution in [0.1, 0.15) is 16.3 Å². The van der Waals surface area contributed by atoms with Crippen LogP contribution in [-0.4, -0.2) is 19.0 Å². The third kappa shape index (κ3) is 5.02. The molecule has 31 heavy (non-hydrogen) atoms. The van der Waals surface area contributed by atoms with Crippen molar-refractivity contribution < 1.29 is 18.7 Å². The largest absolute Gasteiger partial charge is 0.486 e. The van der Waals surface area contributed by atoms with E-state index in [-0.39, 0.29) is 18.4 Å². The quantitative estimate of drug-likeness (QED) is 0.412. The van der Waals surface area contributed by atoms with Crippen molar-refractivity contribution in [2.45, 2.75) is 6.61 Å². The van der Waals surface area contributed by atoms with Crippen LogP contribution in [0.25, 0.3) is 10.8 Å². The summed E-state index contributed by atoms with van der Waals surface area (Å²) in [5.41, 5.74) is 1.09. The van der Waals surface area contributed by atoms with Crippen molar-refractivity contribution in [3.63, 3.8) is 0 Å². The van der Waals surface area contributed by atoms with E-state index in [1.165, 1.54) is 7.05 Å². The van der Waals surface area contributed by atoms with Crippen LogP contribution in [-0.2, 0) is 6.61 Å². The number of hydrogen-bond acceptors (Lipinski definition) is 4. The molecule has 0 atom stereocenters. The van der Waals surface area contributed by atoms with Gasteiger partial charge in [0.2, 0.25) is 0 Å². The first-order valence-corrected chi connectivity index (χ1v) is 9.71. The van der Waals surface area contributed by atoms with Gasteiger partial charge in [0, 0.05) is 18.4 Å². The summed E-state index contributed by atoms with van der Waals surface area (Å²) in [6.07, 6.45) is 0. The lowest BCUT2D eigenvalue weighted by molar-refractivity contribution is 0.0992. The lowest BCUT2D eigenvalue weighted by Gasteiger charge is -2.08. The summed E-state index contributed by atoms with van der Waals surface area (Å²) in [6, 6.07) is 23.7. The first kappa shape index (κ1) is 20.0. The van der Waals surface area contributed by atoms with Crippen molar-refractivity contribution in [1.82, 2.24) is 5.32 Å². The van der Waals surface area contributed by atoms with Gasteiger partial charge in [0.25, 0.3) is 5.91 Å². The Morgan fingerprint density at radius 1 is 0.839 bits per heavy atom. The second-order valence-corrected chi connectivity index (χ2v) is 6.80. The summed E-state index contributed by atoms with van der Waals surface area (Å²) < 4.78 is 11.4. The standard InChI is InChI=1S/C24H21N3O4/c1-25-24(29)27-19-8-4-7-18(14-19)26-23(28)22-12-11-21(31-22)15-30-20-10-9-16-5-2-3-6-17(16)13-20/h2-14H,15H2,1H3,(H,26,28)(H2,25,27,29). The summed E-state index contributed by atoms with van der Waals surface area (Å²) in [6.45, 7) is 0.206. The Balaban J connectivity index is 1.37. The molecular formula is C24H21N3O4. The summed E-state index contributed by atoms with van der Waals surface area (Å²) in [5, 5.41) is 10.1. The van der Waals surface area contributed by atoms with Gasteiger partial charge in [-0.25, -0.2) is 4.79 Å². The van der Waals surface area contributed by atoms with E-state index in [0.717, 1.165) is 16.5 Å². The van der Waals surface area contributed by atoms with Crippen LogP contribution >= 0.6 is 0 Å². The van der Waals surface area contributed by atoms with Gasteiger partial charge in [0.15, 0.2) is 5.76 Å². The van der Waals surface area contributed by atoms with Crippen LogP contribution in [0, 0.1) is 0 Å². The molecule has 0 aliphatic carbocycles. The molecule has 1 aromatic heterocycles. The molecule has 3 aromatic carbocycles. The SMILES string of the molecule is CNC(=O)Nc1cccc(NC(=O)c2ccc(COc3ccc4ccccc4c3)o2)c1. The molecule has 0 aliphatic rings. The third-order valence-electron chi connectivity index (χ3n) is 4.59. The summed E-state index contributed by atoms with van der Waals surface area (Å²) in [7, 11) is 1.53. The maximum Gasteiger partial charge on any atom is 0.318 e. The Labute approximate surface area is 179 Å². The highest BCUT2D eigenvalue weighted by atomic mass is 16.5. The first-order chi connectivity index (χ1) is 15.1. The molecular weight excluding hydrogens is 394 g/mol. The third-order valence-corrected chi connectivity index (χ3v) is 4.59. The molecule has 0 spiro atoms. The Hall–Kier alpha value is -4.26. The van der Waals surface area contributed by atoms with Crippen LogP contribution in [0.5, 0.6) is 5.75 Å². The Morgan fingerprint density at radius 2 is 1.61 bits per heavy atom. The average molecular weight is 415 g/mol. The highest BCUT2D eigenvalue weighted by Gasteiger charge is 2.12. The molecule has 0 unspecified atom stereocenters. The van der Waals surface area contributed by atoms with E-state index in [1.807, 2.05) is 42.5 Å². The maximum atomic E-state index is 12.5. The minimum atomic E-state index is -0.394. The maximum absolute atomic E-state index is 12.5. The van der Waals surface area contributed by atoms with E-state index in [9.17, 15) is 9.59 Å². The molecule has 3 amide bonds. The average Bonchev–Trinajstić information content (AvgIpc) is 3.27. The Kier molecular flexibility index (Phi) is 5.84. The van der Waals surface area contributed by atoms with Crippen molar-refractivity contribution >= 4 is 34.1 Å². The van der Waals surface area contributed by atoms with E-state index < -0.39 is 5.91 Å². The van der Waals surface area contributed by atoms with Gasteiger partial charge >= 0.3 is 6.03 Å². The van der Waals surface area contributed by atoms with Gasteiger partial charge in [-0.3, -0.25) is 4.79 Å². The molecule has 7 nitrogen and oxygen atoms in total. The predicted octanol–water partition coefficient (Wildman–Crippen LogP) is 5.02. The predicted molar refractivity (Wildman–Crippen MR) is 119 cm³/mol. The van der Waals surface area contributed by atoms with E-state index in [1.54, 1.807) is 36.4 Å². The number of hydrogen-bond donors (Lipinski definition) is 3. The van der Waals surface area contributed by atoms with E-state index in [2.05, 4.69) is 16.0 Å². The second-order valence-electron chi connectivity index (χ2n) is 6.80. The number of benzene rings is 3. The molecule has 0 aliphatic heterocycles. The molecule has 0 saturated heterocycles. The molecule has 0 bridgehead atoms. The zero-order chi connectivity index (χ0) is 21.6. The molecule has 3 N–H and O–H groups in total. The van der Waals surface area contributed by atoms with Gasteiger partial charge in [-0.05, 0) is 53.2 Å². The molecule has 4 rings (SSSR count). The highest BCUT2D eigenvalue weighted by molar-refractivity contribution is 6.02. The van der Waals surface area contributed by atoms with Crippen molar-refractivity contribution in [3.8, 4) is 5.75 Å². The summed E-state index contributed by atoms with van der Waals surface area (Å²) >= 11 is 0. The zero-order valence-corrected chi connectivity index (χ0v) is 16.8. The van der Waals surface area contributed by atoms with Gasteiger partial charge in [-0.2, -0.15) is 0 Å². The van der Waals surface area contributed by atoms with Crippen molar-refractivity contribution in [3.05, 3.63) is 90.4 Å². The fourth-order valence-electron chi connectivity index (χ4n) is 3.05. The molecule has 4 aromatic rings. The number of nitrogens with one attached hydrogen (secondary N) is 3. The number of carbonyl (C=O) groups excluding carboxylic acids is 2. The van der Waals surface area contributed by atoms with Crippen molar-refractivity contribution in [2.75, 3.05) is 17.7 Å².